The van der Waals surface area contributed by atoms with Gasteiger partial charge >= 0.3 is 5.97 Å². The van der Waals surface area contributed by atoms with E-state index in [1.54, 1.807) is 12.1 Å². The smallest absolute Gasteiger partial charge is 0.337 e. The lowest BCUT2D eigenvalue weighted by atomic mass is 9.97. The minimum Gasteiger partial charge on any atom is -0.465 e. The number of ether oxygens (including phenoxy) is 2. The first kappa shape index (κ1) is 15.3. The van der Waals surface area contributed by atoms with Crippen LogP contribution in [0.25, 0.3) is 0 Å². The summed E-state index contributed by atoms with van der Waals surface area (Å²) in [5.74, 6) is -0.329. The van der Waals surface area contributed by atoms with Gasteiger partial charge in [0.15, 0.2) is 0 Å². The molecule has 0 saturated carbocycles. The zero-order valence-electron chi connectivity index (χ0n) is 12.6. The third-order valence-corrected chi connectivity index (χ3v) is 3.44. The maximum Gasteiger partial charge on any atom is 0.337 e. The van der Waals surface area contributed by atoms with Gasteiger partial charge in [0.2, 0.25) is 0 Å². The van der Waals surface area contributed by atoms with E-state index in [0.29, 0.717) is 12.2 Å². The zero-order chi connectivity index (χ0) is 15.3. The Kier molecular flexibility index (Phi) is 4.76. The van der Waals surface area contributed by atoms with Crippen molar-refractivity contribution in [1.82, 2.24) is 0 Å². The predicted octanol–water partition coefficient (Wildman–Crippen LogP) is 3.93. The minimum atomic E-state index is -0.426. The molecule has 3 nitrogen and oxygen atoms in total. The van der Waals surface area contributed by atoms with Gasteiger partial charge in [0.25, 0.3) is 0 Å². The van der Waals surface area contributed by atoms with E-state index in [1.165, 1.54) is 7.11 Å². The molecule has 0 saturated heterocycles. The Hall–Kier alpha value is -2.13. The Morgan fingerprint density at radius 2 is 1.62 bits per heavy atom. The summed E-state index contributed by atoms with van der Waals surface area (Å²) in [5.41, 5.74) is 2.27. The normalized spacial score (nSPS) is 11.2. The average Bonchev–Trinajstić information content (AvgIpc) is 2.53. The topological polar surface area (TPSA) is 35.5 Å². The number of methoxy groups -OCH3 is 1. The molecule has 0 spiro atoms. The van der Waals surface area contributed by atoms with E-state index >= 15 is 0 Å². The van der Waals surface area contributed by atoms with Gasteiger partial charge in [0.05, 0.1) is 24.9 Å². The SMILES string of the molecule is COC(=O)c1ccc(C(C)(C)OCc2ccccc2)cc1. The molecular formula is C18H20O3. The lowest BCUT2D eigenvalue weighted by Crippen LogP contribution is -2.21. The number of rotatable bonds is 5. The second-order valence-electron chi connectivity index (χ2n) is 5.35. The summed E-state index contributed by atoms with van der Waals surface area (Å²) >= 11 is 0. The Balaban J connectivity index is 2.06. The average molecular weight is 284 g/mol. The molecule has 0 aromatic heterocycles. The molecule has 0 heterocycles. The van der Waals surface area contributed by atoms with E-state index < -0.39 is 5.60 Å². The summed E-state index contributed by atoms with van der Waals surface area (Å²) in [4.78, 5) is 11.4. The van der Waals surface area contributed by atoms with Gasteiger partial charge in [-0.2, -0.15) is 0 Å². The van der Waals surface area contributed by atoms with Crippen molar-refractivity contribution in [2.75, 3.05) is 7.11 Å². The number of benzene rings is 2. The van der Waals surface area contributed by atoms with Crippen LogP contribution in [-0.2, 0) is 21.7 Å². The molecule has 0 aliphatic rings. The van der Waals surface area contributed by atoms with Gasteiger partial charge in [-0.3, -0.25) is 0 Å². The van der Waals surface area contributed by atoms with Gasteiger partial charge in [-0.1, -0.05) is 42.5 Å². The fourth-order valence-electron chi connectivity index (χ4n) is 2.05. The Morgan fingerprint density at radius 3 is 2.19 bits per heavy atom. The Morgan fingerprint density at radius 1 is 1.00 bits per heavy atom. The highest BCUT2D eigenvalue weighted by atomic mass is 16.5. The fraction of sp³-hybridized carbons (Fsp3) is 0.278. The monoisotopic (exact) mass is 284 g/mol. The molecule has 0 atom stereocenters. The predicted molar refractivity (Wildman–Crippen MR) is 82.0 cm³/mol. The van der Waals surface area contributed by atoms with Crippen molar-refractivity contribution < 1.29 is 14.3 Å². The first-order chi connectivity index (χ1) is 10.0. The second-order valence-corrected chi connectivity index (χ2v) is 5.35. The highest BCUT2D eigenvalue weighted by Gasteiger charge is 2.21. The van der Waals surface area contributed by atoms with Crippen molar-refractivity contribution in [3.8, 4) is 0 Å². The standard InChI is InChI=1S/C18H20O3/c1-18(2,21-13-14-7-5-4-6-8-14)16-11-9-15(10-12-16)17(19)20-3/h4-12H,13H2,1-3H3. The Labute approximate surface area is 125 Å². The highest BCUT2D eigenvalue weighted by molar-refractivity contribution is 5.89. The molecule has 0 fully saturated rings. The van der Waals surface area contributed by atoms with Crippen LogP contribution in [0.1, 0.15) is 35.3 Å². The van der Waals surface area contributed by atoms with Crippen molar-refractivity contribution in [1.29, 1.82) is 0 Å². The molecular weight excluding hydrogens is 264 g/mol. The van der Waals surface area contributed by atoms with E-state index in [9.17, 15) is 4.79 Å². The highest BCUT2D eigenvalue weighted by Crippen LogP contribution is 2.26. The number of esters is 1. The van der Waals surface area contributed by atoms with Crippen LogP contribution in [0.2, 0.25) is 0 Å². The van der Waals surface area contributed by atoms with Gasteiger partial charge in [-0.05, 0) is 37.1 Å². The zero-order valence-corrected chi connectivity index (χ0v) is 12.6. The van der Waals surface area contributed by atoms with E-state index in [0.717, 1.165) is 11.1 Å². The van der Waals surface area contributed by atoms with Crippen LogP contribution in [0.4, 0.5) is 0 Å². The minimum absolute atomic E-state index is 0.329. The van der Waals surface area contributed by atoms with E-state index in [-0.39, 0.29) is 5.97 Å². The first-order valence-corrected chi connectivity index (χ1v) is 6.89. The molecule has 0 radical (unpaired) electrons. The van der Waals surface area contributed by atoms with Crippen LogP contribution >= 0.6 is 0 Å². The number of carbonyl (C=O) groups is 1. The van der Waals surface area contributed by atoms with Crippen molar-refractivity contribution in [2.45, 2.75) is 26.1 Å². The van der Waals surface area contributed by atoms with E-state index in [2.05, 4.69) is 0 Å². The van der Waals surface area contributed by atoms with Crippen molar-refractivity contribution in [2.24, 2.45) is 0 Å². The molecule has 110 valence electrons. The molecule has 0 aliphatic carbocycles. The molecule has 2 rings (SSSR count). The molecule has 0 aliphatic heterocycles. The van der Waals surface area contributed by atoms with Crippen LogP contribution < -0.4 is 0 Å². The molecule has 0 amide bonds. The van der Waals surface area contributed by atoms with Gasteiger partial charge in [0.1, 0.15) is 0 Å². The van der Waals surface area contributed by atoms with E-state index in [4.69, 9.17) is 9.47 Å². The van der Waals surface area contributed by atoms with Gasteiger partial charge < -0.3 is 9.47 Å². The maximum atomic E-state index is 11.4. The Bertz CT molecular complexity index is 586. The number of hydrogen-bond acceptors (Lipinski definition) is 3. The van der Waals surface area contributed by atoms with Crippen LogP contribution in [0, 0.1) is 0 Å². The van der Waals surface area contributed by atoms with Crippen LogP contribution in [0.5, 0.6) is 0 Å². The van der Waals surface area contributed by atoms with Crippen molar-refractivity contribution >= 4 is 5.97 Å². The number of hydrogen-bond donors (Lipinski definition) is 0. The van der Waals surface area contributed by atoms with Crippen LogP contribution in [-0.4, -0.2) is 13.1 Å². The largest absolute Gasteiger partial charge is 0.465 e. The fourth-order valence-corrected chi connectivity index (χ4v) is 2.05. The van der Waals surface area contributed by atoms with Gasteiger partial charge in [0, 0.05) is 0 Å². The van der Waals surface area contributed by atoms with E-state index in [1.807, 2.05) is 56.3 Å². The summed E-state index contributed by atoms with van der Waals surface area (Å²) in [6.45, 7) is 4.58. The number of carbonyl (C=O) groups excluding carboxylic acids is 1. The summed E-state index contributed by atoms with van der Waals surface area (Å²) < 4.78 is 10.7. The molecule has 21 heavy (non-hydrogen) atoms. The van der Waals surface area contributed by atoms with Crippen molar-refractivity contribution in [3.05, 3.63) is 71.3 Å². The second kappa shape index (κ2) is 6.55. The summed E-state index contributed by atoms with van der Waals surface area (Å²) in [6, 6.07) is 17.4. The summed E-state index contributed by atoms with van der Waals surface area (Å²) in [5, 5.41) is 0. The lowest BCUT2D eigenvalue weighted by molar-refractivity contribution is -0.0337. The van der Waals surface area contributed by atoms with Crippen LogP contribution in [0.3, 0.4) is 0 Å². The third kappa shape index (κ3) is 3.92. The molecule has 2 aromatic carbocycles. The van der Waals surface area contributed by atoms with Crippen LogP contribution in [0.15, 0.2) is 54.6 Å². The first-order valence-electron chi connectivity index (χ1n) is 6.89. The molecule has 0 unspecified atom stereocenters. The van der Waals surface area contributed by atoms with Gasteiger partial charge in [-0.15, -0.1) is 0 Å². The lowest BCUT2D eigenvalue weighted by Gasteiger charge is -2.26. The molecule has 0 bridgehead atoms. The third-order valence-electron chi connectivity index (χ3n) is 3.44. The van der Waals surface area contributed by atoms with Crippen molar-refractivity contribution in [3.63, 3.8) is 0 Å². The molecule has 0 N–H and O–H groups in total. The summed E-state index contributed by atoms with van der Waals surface area (Å²) in [6.07, 6.45) is 0. The molecule has 2 aromatic rings. The molecule has 3 heteroatoms. The van der Waals surface area contributed by atoms with Gasteiger partial charge in [-0.25, -0.2) is 4.79 Å². The maximum absolute atomic E-state index is 11.4. The summed E-state index contributed by atoms with van der Waals surface area (Å²) in [7, 11) is 1.38. The quantitative estimate of drug-likeness (QED) is 0.780.